The average Bonchev–Trinajstić information content (AvgIpc) is 1.84. The Balaban J connectivity index is -0.000000405. The van der Waals surface area contributed by atoms with Crippen molar-refractivity contribution in [2.45, 2.75) is 12.2 Å². The summed E-state index contributed by atoms with van der Waals surface area (Å²) in [6.45, 7) is 0. The molecule has 0 saturated carbocycles. The van der Waals surface area contributed by atoms with Gasteiger partial charge in [-0.2, -0.15) is 0 Å². The Hall–Kier alpha value is 1.31. The number of hydrogen-bond donors (Lipinski definition) is 4. The van der Waals surface area contributed by atoms with Gasteiger partial charge in [0.2, 0.25) is 0 Å². The second-order valence-corrected chi connectivity index (χ2v) is 1.57. The number of aliphatic hydroxyl groups excluding tert-OH is 2. The van der Waals surface area contributed by atoms with Gasteiger partial charge in [0.05, 0.1) is 0 Å². The summed E-state index contributed by atoms with van der Waals surface area (Å²) in [5.41, 5.74) is 0. The first-order chi connectivity index (χ1) is 4.46. The average molecular weight is 311 g/mol. The van der Waals surface area contributed by atoms with E-state index in [9.17, 15) is 9.59 Å². The van der Waals surface area contributed by atoms with Crippen molar-refractivity contribution in [3.05, 3.63) is 0 Å². The minimum Gasteiger partial charge on any atom is -0.479 e. The molecule has 4 N–H and O–H groups in total. The van der Waals surface area contributed by atoms with Gasteiger partial charge in [-0.25, -0.2) is 9.59 Å². The molecule has 0 aliphatic carbocycles. The predicted molar refractivity (Wildman–Crippen MR) is 38.8 cm³/mol. The van der Waals surface area contributed by atoms with Crippen LogP contribution in [0.5, 0.6) is 0 Å². The van der Waals surface area contributed by atoms with Crippen LogP contribution in [-0.4, -0.2) is 120 Å². The molecule has 0 amide bonds. The second-order valence-electron chi connectivity index (χ2n) is 1.57. The van der Waals surface area contributed by atoms with Gasteiger partial charge >= 0.3 is 11.9 Å². The maximum Gasteiger partial charge on any atom is 0.335 e. The molecule has 0 aromatic rings. The number of carboxylic acids is 2. The Morgan fingerprint density at radius 3 is 1.17 bits per heavy atom. The van der Waals surface area contributed by atoms with Gasteiger partial charge in [-0.05, 0) is 0 Å². The van der Waals surface area contributed by atoms with Crippen LogP contribution < -0.4 is 0 Å². The number of aliphatic hydroxyl groups is 2. The summed E-state index contributed by atoms with van der Waals surface area (Å²) >= 11 is 0. The molecule has 2 atom stereocenters. The molecule has 0 aliphatic heterocycles. The first kappa shape index (κ1) is 19.0. The van der Waals surface area contributed by atoms with Crippen molar-refractivity contribution >= 4 is 87.8 Å². The fourth-order valence-corrected chi connectivity index (χ4v) is 0.270. The van der Waals surface area contributed by atoms with E-state index in [2.05, 4.69) is 0 Å². The van der Waals surface area contributed by atoms with E-state index in [1.807, 2.05) is 0 Å². The number of rotatable bonds is 3. The Kier molecular flexibility index (Phi) is 14.1. The molecule has 0 fully saturated rings. The van der Waals surface area contributed by atoms with Gasteiger partial charge in [-0.3, -0.25) is 0 Å². The summed E-state index contributed by atoms with van der Waals surface area (Å²) in [6, 6.07) is 0. The zero-order valence-electron chi connectivity index (χ0n) is 6.21. The molecule has 2 unspecified atom stereocenters. The van der Waals surface area contributed by atoms with Crippen molar-refractivity contribution < 1.29 is 30.0 Å². The van der Waals surface area contributed by atoms with Crippen LogP contribution in [0, 0.1) is 0 Å². The van der Waals surface area contributed by atoms with Gasteiger partial charge in [-0.15, -0.1) is 0 Å². The third kappa shape index (κ3) is 6.79. The summed E-state index contributed by atoms with van der Waals surface area (Å²) in [4.78, 5) is 19.5. The minimum absolute atomic E-state index is 0. The van der Waals surface area contributed by atoms with E-state index < -0.39 is 24.1 Å². The van der Waals surface area contributed by atoms with E-state index in [-0.39, 0.29) is 75.8 Å². The van der Waals surface area contributed by atoms with Gasteiger partial charge < -0.3 is 20.4 Å². The van der Waals surface area contributed by atoms with E-state index in [1.165, 1.54) is 0 Å². The van der Waals surface area contributed by atoms with E-state index in [0.717, 1.165) is 0 Å². The molecule has 0 aromatic carbocycles. The first-order valence-electron chi connectivity index (χ1n) is 2.28. The van der Waals surface area contributed by atoms with Crippen LogP contribution in [0.3, 0.4) is 0 Å². The zero-order valence-corrected chi connectivity index (χ0v) is 11.9. The Morgan fingerprint density at radius 1 is 0.917 bits per heavy atom. The van der Waals surface area contributed by atoms with Crippen molar-refractivity contribution in [3.8, 4) is 0 Å². The van der Waals surface area contributed by atoms with Gasteiger partial charge in [0.25, 0.3) is 0 Å². The van der Waals surface area contributed by atoms with Crippen LogP contribution >= 0.6 is 0 Å². The zero-order chi connectivity index (χ0) is 8.31. The van der Waals surface area contributed by atoms with Crippen molar-refractivity contribution in [1.29, 1.82) is 0 Å². The molecular formula is C4H6KO6Sb. The number of hydrogen-bond acceptors (Lipinski definition) is 4. The number of carbonyl (C=O) groups is 2. The summed E-state index contributed by atoms with van der Waals surface area (Å²) in [5.74, 6) is -3.54. The molecule has 0 aromatic heterocycles. The van der Waals surface area contributed by atoms with Crippen LogP contribution in [0.4, 0.5) is 0 Å². The molecule has 0 rings (SSSR count). The summed E-state index contributed by atoms with van der Waals surface area (Å²) in [5, 5.41) is 32.5. The quantitative estimate of drug-likeness (QED) is 0.416. The third-order valence-electron chi connectivity index (χ3n) is 0.805. The smallest absolute Gasteiger partial charge is 0.335 e. The second kappa shape index (κ2) is 8.89. The van der Waals surface area contributed by atoms with Gasteiger partial charge in [0.1, 0.15) is 0 Å². The standard InChI is InChI=1S/C4H6O6.K.Sb/c5-1(3(7)8)2(6)4(9)10;;/h1-2,5-6H,(H,7,8)(H,9,10);;. The van der Waals surface area contributed by atoms with E-state index in [4.69, 9.17) is 20.4 Å². The molecule has 12 heavy (non-hydrogen) atoms. The van der Waals surface area contributed by atoms with E-state index >= 15 is 0 Å². The van der Waals surface area contributed by atoms with Gasteiger partial charge in [-0.1, -0.05) is 0 Å². The summed E-state index contributed by atoms with van der Waals surface area (Å²) in [7, 11) is 0. The SMILES string of the molecule is O=C(O)C(O)C(O)C(=O)O.[K].[Sb]. The van der Waals surface area contributed by atoms with Crippen LogP contribution in [0.2, 0.25) is 0 Å². The molecule has 6 nitrogen and oxygen atoms in total. The molecule has 0 spiro atoms. The largest absolute Gasteiger partial charge is 0.479 e. The predicted octanol–water partition coefficient (Wildman–Crippen LogP) is -2.88. The fourth-order valence-electron chi connectivity index (χ4n) is 0.270. The van der Waals surface area contributed by atoms with Crippen LogP contribution in [0.25, 0.3) is 0 Å². The monoisotopic (exact) mass is 310 g/mol. The molecule has 0 bridgehead atoms. The van der Waals surface area contributed by atoms with Crippen molar-refractivity contribution in [2.75, 3.05) is 0 Å². The molecule has 8 heteroatoms. The molecule has 0 saturated heterocycles. The normalized spacial score (nSPS) is 13.2. The fraction of sp³-hybridized carbons (Fsp3) is 0.500. The third-order valence-corrected chi connectivity index (χ3v) is 0.805. The molecule has 4 radical (unpaired) electrons. The topological polar surface area (TPSA) is 115 Å². The molecule has 0 aliphatic rings. The van der Waals surface area contributed by atoms with Crippen molar-refractivity contribution in [3.63, 3.8) is 0 Å². The maximum absolute atomic E-state index is 9.77. The number of carboxylic acid groups (broad SMARTS) is 2. The molecule has 64 valence electrons. The summed E-state index contributed by atoms with van der Waals surface area (Å²) in [6.07, 6.45) is -4.53. The van der Waals surface area contributed by atoms with E-state index in [1.54, 1.807) is 0 Å². The Morgan fingerprint density at radius 2 is 1.08 bits per heavy atom. The van der Waals surface area contributed by atoms with Crippen molar-refractivity contribution in [1.82, 2.24) is 0 Å². The van der Waals surface area contributed by atoms with Gasteiger partial charge in [0, 0.05) is 75.8 Å². The van der Waals surface area contributed by atoms with Crippen LogP contribution in [0.15, 0.2) is 0 Å². The van der Waals surface area contributed by atoms with Crippen molar-refractivity contribution in [2.24, 2.45) is 0 Å². The van der Waals surface area contributed by atoms with Gasteiger partial charge in [0.15, 0.2) is 12.2 Å². The first-order valence-corrected chi connectivity index (χ1v) is 2.28. The Labute approximate surface area is 128 Å². The molecular weight excluding hydrogens is 305 g/mol. The summed E-state index contributed by atoms with van der Waals surface area (Å²) < 4.78 is 0. The van der Waals surface area contributed by atoms with Crippen LogP contribution in [-0.2, 0) is 9.59 Å². The Bertz CT molecular complexity index is 144. The molecule has 0 heterocycles. The maximum atomic E-state index is 9.77. The number of aliphatic carboxylic acids is 2. The van der Waals surface area contributed by atoms with Crippen LogP contribution in [0.1, 0.15) is 0 Å². The van der Waals surface area contributed by atoms with E-state index in [0.29, 0.717) is 0 Å². The minimum atomic E-state index is -2.27.